The van der Waals surface area contributed by atoms with Gasteiger partial charge in [-0.15, -0.1) is 0 Å². The lowest BCUT2D eigenvalue weighted by Crippen LogP contribution is -2.45. The molecule has 0 bridgehead atoms. The minimum absolute atomic E-state index is 0.0992. The number of ether oxygens (including phenoxy) is 3. The Bertz CT molecular complexity index is 897. The normalized spacial score (nSPS) is 14.6. The molecule has 30 heavy (non-hydrogen) atoms. The molecule has 0 fully saturated rings. The molecule has 0 spiro atoms. The minimum Gasteiger partial charge on any atom is -0.496 e. The van der Waals surface area contributed by atoms with Gasteiger partial charge in [0.2, 0.25) is 0 Å². The summed E-state index contributed by atoms with van der Waals surface area (Å²) in [5, 5.41) is 3.11. The zero-order valence-corrected chi connectivity index (χ0v) is 18.6. The number of fused-ring (bicyclic) bond motifs is 1. The van der Waals surface area contributed by atoms with Crippen molar-refractivity contribution in [1.29, 1.82) is 0 Å². The number of nitrogens with zero attached hydrogens (tertiary/aromatic N) is 1. The molecule has 0 saturated carbocycles. The first kappa shape index (κ1) is 22.0. The third-order valence-corrected chi connectivity index (χ3v) is 5.83. The predicted molar refractivity (Wildman–Crippen MR) is 118 cm³/mol. The summed E-state index contributed by atoms with van der Waals surface area (Å²) in [6.45, 7) is 6.51. The van der Waals surface area contributed by atoms with Crippen molar-refractivity contribution in [3.8, 4) is 17.2 Å². The zero-order chi connectivity index (χ0) is 21.7. The lowest BCUT2D eigenvalue weighted by molar-refractivity contribution is 0.0923. The molecular formula is C24H32N2O4. The number of methoxy groups -OCH3 is 3. The van der Waals surface area contributed by atoms with Crippen molar-refractivity contribution in [2.45, 2.75) is 39.3 Å². The molecular weight excluding hydrogens is 379 g/mol. The molecule has 1 aliphatic rings. The molecule has 0 radical (unpaired) electrons. The van der Waals surface area contributed by atoms with Gasteiger partial charge in [-0.1, -0.05) is 18.6 Å². The topological polar surface area (TPSA) is 60.0 Å². The molecule has 0 saturated heterocycles. The Labute approximate surface area is 179 Å². The lowest BCUT2D eigenvalue weighted by atomic mass is 9.97. The van der Waals surface area contributed by atoms with E-state index in [9.17, 15) is 4.79 Å². The summed E-state index contributed by atoms with van der Waals surface area (Å²) >= 11 is 0. The number of carbonyl (C=O) groups excluding carboxylic acids is 1. The Kier molecular flexibility index (Phi) is 7.21. The molecule has 1 amide bonds. The van der Waals surface area contributed by atoms with Crippen LogP contribution in [-0.2, 0) is 13.0 Å². The summed E-state index contributed by atoms with van der Waals surface area (Å²) in [5.74, 6) is 2.03. The first-order chi connectivity index (χ1) is 14.5. The van der Waals surface area contributed by atoms with E-state index in [2.05, 4.69) is 29.3 Å². The third-order valence-electron chi connectivity index (χ3n) is 5.83. The van der Waals surface area contributed by atoms with Gasteiger partial charge in [-0.05, 0) is 55.2 Å². The van der Waals surface area contributed by atoms with E-state index in [1.54, 1.807) is 21.3 Å². The molecule has 1 aliphatic heterocycles. The minimum atomic E-state index is -0.0992. The van der Waals surface area contributed by atoms with E-state index in [0.717, 1.165) is 43.0 Å². The van der Waals surface area contributed by atoms with Crippen molar-refractivity contribution in [2.75, 3.05) is 34.4 Å². The molecule has 2 aromatic carbocycles. The van der Waals surface area contributed by atoms with Gasteiger partial charge in [-0.2, -0.15) is 0 Å². The van der Waals surface area contributed by atoms with Crippen molar-refractivity contribution in [2.24, 2.45) is 0 Å². The van der Waals surface area contributed by atoms with Gasteiger partial charge in [-0.3, -0.25) is 9.69 Å². The Balaban J connectivity index is 1.69. The molecule has 0 aromatic heterocycles. The van der Waals surface area contributed by atoms with E-state index in [1.807, 2.05) is 25.1 Å². The van der Waals surface area contributed by atoms with E-state index in [-0.39, 0.29) is 11.9 Å². The van der Waals surface area contributed by atoms with Crippen LogP contribution >= 0.6 is 0 Å². The molecule has 2 aromatic rings. The highest BCUT2D eigenvalue weighted by molar-refractivity contribution is 5.97. The van der Waals surface area contributed by atoms with Crippen molar-refractivity contribution in [3.63, 3.8) is 0 Å². The van der Waals surface area contributed by atoms with Crippen molar-refractivity contribution in [3.05, 3.63) is 52.6 Å². The summed E-state index contributed by atoms with van der Waals surface area (Å²) in [7, 11) is 4.91. The molecule has 1 heterocycles. The Morgan fingerprint density at radius 2 is 1.70 bits per heavy atom. The van der Waals surface area contributed by atoms with Gasteiger partial charge < -0.3 is 19.5 Å². The number of aryl methyl sites for hydroxylation is 1. The number of nitrogens with one attached hydrogen (secondary N) is 1. The van der Waals surface area contributed by atoms with Crippen LogP contribution in [0.4, 0.5) is 0 Å². The van der Waals surface area contributed by atoms with Gasteiger partial charge in [0.1, 0.15) is 5.75 Å². The summed E-state index contributed by atoms with van der Waals surface area (Å²) in [4.78, 5) is 15.2. The Hall–Kier alpha value is -2.73. The standard InChI is InChI=1S/C24H32N2O4/c1-6-19(14-25-24(27)20-11-16(2)7-8-21(20)28-3)26-10-9-17-12-22(29-4)23(30-5)13-18(17)15-26/h7-8,11-13,19H,6,9-10,14-15H2,1-5H3,(H,25,27)/i3-1. The van der Waals surface area contributed by atoms with Gasteiger partial charge >= 0.3 is 0 Å². The second-order valence-corrected chi connectivity index (χ2v) is 7.67. The van der Waals surface area contributed by atoms with Crippen LogP contribution in [0.25, 0.3) is 0 Å². The fraction of sp³-hybridized carbons (Fsp3) is 0.458. The number of benzene rings is 2. The number of rotatable bonds is 8. The molecule has 3 rings (SSSR count). The number of hydrogen-bond donors (Lipinski definition) is 1. The summed E-state index contributed by atoms with van der Waals surface area (Å²) < 4.78 is 16.3. The Morgan fingerprint density at radius 3 is 2.33 bits per heavy atom. The van der Waals surface area contributed by atoms with Crippen LogP contribution in [0.3, 0.4) is 0 Å². The number of hydrogen-bond acceptors (Lipinski definition) is 5. The van der Waals surface area contributed by atoms with Gasteiger partial charge in [0.15, 0.2) is 11.5 Å². The lowest BCUT2D eigenvalue weighted by Gasteiger charge is -2.35. The van der Waals surface area contributed by atoms with Gasteiger partial charge in [0.05, 0.1) is 26.9 Å². The van der Waals surface area contributed by atoms with Crippen LogP contribution in [0.15, 0.2) is 30.3 Å². The molecule has 1 atom stereocenters. The van der Waals surface area contributed by atoms with Crippen molar-refractivity contribution >= 4 is 5.91 Å². The maximum atomic E-state index is 12.8. The largest absolute Gasteiger partial charge is 0.496 e. The van der Waals surface area contributed by atoms with Crippen LogP contribution < -0.4 is 19.5 Å². The monoisotopic (exact) mass is 411 g/mol. The third kappa shape index (κ3) is 4.70. The van der Waals surface area contributed by atoms with Gasteiger partial charge in [0.25, 0.3) is 5.91 Å². The highest BCUT2D eigenvalue weighted by Crippen LogP contribution is 2.33. The maximum absolute atomic E-state index is 12.8. The molecule has 6 heteroatoms. The van der Waals surface area contributed by atoms with E-state index in [0.29, 0.717) is 17.9 Å². The van der Waals surface area contributed by atoms with Crippen LogP contribution in [0, 0.1) is 6.92 Å². The maximum Gasteiger partial charge on any atom is 0.255 e. The van der Waals surface area contributed by atoms with Gasteiger partial charge in [-0.25, -0.2) is 0 Å². The molecule has 1 N–H and O–H groups in total. The van der Waals surface area contributed by atoms with Crippen molar-refractivity contribution in [1.82, 2.24) is 10.2 Å². The van der Waals surface area contributed by atoms with Gasteiger partial charge in [0, 0.05) is 25.7 Å². The van der Waals surface area contributed by atoms with E-state index in [1.165, 1.54) is 11.1 Å². The number of carbonyl (C=O) groups is 1. The molecule has 162 valence electrons. The average molecular weight is 412 g/mol. The second kappa shape index (κ2) is 9.85. The smallest absolute Gasteiger partial charge is 0.255 e. The molecule has 6 nitrogen and oxygen atoms in total. The Morgan fingerprint density at radius 1 is 1.03 bits per heavy atom. The average Bonchev–Trinajstić information content (AvgIpc) is 2.78. The SMILES string of the molecule is CCC(CNC(=O)c1cc(C)ccc1O[11CH3])N1CCc2cc(OC)c(OC)cc2C1. The molecule has 1 unspecified atom stereocenters. The fourth-order valence-electron chi connectivity index (χ4n) is 4.05. The molecule has 0 aliphatic carbocycles. The van der Waals surface area contributed by atoms with Crippen LogP contribution in [0.1, 0.15) is 40.4 Å². The first-order valence-corrected chi connectivity index (χ1v) is 10.4. The highest BCUT2D eigenvalue weighted by atomic mass is 16.5. The van der Waals surface area contributed by atoms with E-state index in [4.69, 9.17) is 14.2 Å². The van der Waals surface area contributed by atoms with Crippen LogP contribution in [0.5, 0.6) is 17.2 Å². The van der Waals surface area contributed by atoms with Crippen LogP contribution in [-0.4, -0.2) is 51.3 Å². The zero-order valence-electron chi connectivity index (χ0n) is 18.6. The predicted octanol–water partition coefficient (Wildman–Crippen LogP) is 3.59. The highest BCUT2D eigenvalue weighted by Gasteiger charge is 2.25. The van der Waals surface area contributed by atoms with Crippen LogP contribution in [0.2, 0.25) is 0 Å². The fourth-order valence-corrected chi connectivity index (χ4v) is 4.05. The quantitative estimate of drug-likeness (QED) is 0.719. The second-order valence-electron chi connectivity index (χ2n) is 7.67. The summed E-state index contributed by atoms with van der Waals surface area (Å²) in [6.07, 6.45) is 1.90. The van der Waals surface area contributed by atoms with E-state index < -0.39 is 0 Å². The summed E-state index contributed by atoms with van der Waals surface area (Å²) in [5.41, 5.74) is 4.16. The number of amides is 1. The summed E-state index contributed by atoms with van der Waals surface area (Å²) in [6, 6.07) is 10.1. The first-order valence-electron chi connectivity index (χ1n) is 10.4. The van der Waals surface area contributed by atoms with Crippen molar-refractivity contribution < 1.29 is 19.0 Å². The van der Waals surface area contributed by atoms with E-state index >= 15 is 0 Å².